The van der Waals surface area contributed by atoms with Gasteiger partial charge in [-0.1, -0.05) is 6.92 Å². The minimum Gasteiger partial charge on any atom is -0.323 e. The van der Waals surface area contributed by atoms with E-state index in [1.54, 1.807) is 16.3 Å². The maximum Gasteiger partial charge on any atom is 0.184 e. The molecular formula is C12H13ClF2N2S. The molecule has 18 heavy (non-hydrogen) atoms. The number of nitrogens with zero attached hydrogens (tertiary/aromatic N) is 2. The van der Waals surface area contributed by atoms with Gasteiger partial charge in [-0.2, -0.15) is 11.8 Å². The first-order chi connectivity index (χ1) is 8.58. The average Bonchev–Trinajstić information content (AvgIpc) is 2.72. The summed E-state index contributed by atoms with van der Waals surface area (Å²) in [7, 11) is 0. The Morgan fingerprint density at radius 2 is 2.17 bits per heavy atom. The zero-order chi connectivity index (χ0) is 13.3. The Kier molecular flexibility index (Phi) is 4.12. The molecule has 0 N–H and O–H groups in total. The van der Waals surface area contributed by atoms with Crippen LogP contribution >= 0.6 is 23.4 Å². The van der Waals surface area contributed by atoms with Crippen molar-refractivity contribution in [2.75, 3.05) is 6.26 Å². The van der Waals surface area contributed by atoms with E-state index in [2.05, 4.69) is 4.98 Å². The number of benzene rings is 1. The second kappa shape index (κ2) is 5.45. The van der Waals surface area contributed by atoms with E-state index in [1.807, 2.05) is 13.2 Å². The molecule has 0 spiro atoms. The van der Waals surface area contributed by atoms with Crippen molar-refractivity contribution < 1.29 is 8.78 Å². The number of imidazole rings is 1. The van der Waals surface area contributed by atoms with Crippen molar-refractivity contribution in [1.29, 1.82) is 0 Å². The summed E-state index contributed by atoms with van der Waals surface area (Å²) in [4.78, 5) is 4.24. The minimum atomic E-state index is -0.860. The lowest BCUT2D eigenvalue weighted by atomic mass is 10.3. The maximum atomic E-state index is 13.9. The molecule has 0 aliphatic carbocycles. The lowest BCUT2D eigenvalue weighted by Gasteiger charge is -2.12. The van der Waals surface area contributed by atoms with Gasteiger partial charge in [0.1, 0.15) is 11.3 Å². The summed E-state index contributed by atoms with van der Waals surface area (Å²) in [5.74, 6) is -0.972. The van der Waals surface area contributed by atoms with Crippen molar-refractivity contribution in [3.8, 4) is 0 Å². The van der Waals surface area contributed by atoms with Crippen LogP contribution in [-0.2, 0) is 12.4 Å². The van der Waals surface area contributed by atoms with Gasteiger partial charge in [0.15, 0.2) is 11.6 Å². The van der Waals surface area contributed by atoms with E-state index in [1.165, 1.54) is 6.07 Å². The monoisotopic (exact) mass is 290 g/mol. The number of aromatic nitrogens is 2. The molecule has 0 amide bonds. The van der Waals surface area contributed by atoms with Gasteiger partial charge in [-0.05, 0) is 18.4 Å². The summed E-state index contributed by atoms with van der Waals surface area (Å²) in [6, 6.07) is 2.56. The van der Waals surface area contributed by atoms with E-state index >= 15 is 0 Å². The predicted molar refractivity (Wildman–Crippen MR) is 72.2 cm³/mol. The molecule has 2 rings (SSSR count). The summed E-state index contributed by atoms with van der Waals surface area (Å²) < 4.78 is 28.9. The Morgan fingerprint density at radius 1 is 1.44 bits per heavy atom. The topological polar surface area (TPSA) is 17.8 Å². The van der Waals surface area contributed by atoms with Crippen molar-refractivity contribution in [2.45, 2.75) is 24.6 Å². The molecule has 1 heterocycles. The number of alkyl halides is 1. The van der Waals surface area contributed by atoms with Crippen LogP contribution in [0, 0.1) is 11.6 Å². The summed E-state index contributed by atoms with van der Waals surface area (Å²) in [5, 5.41) is 0.270. The quantitative estimate of drug-likeness (QED) is 0.797. The number of hydrogen-bond acceptors (Lipinski definition) is 2. The molecule has 98 valence electrons. The molecule has 6 heteroatoms. The van der Waals surface area contributed by atoms with Gasteiger partial charge in [-0.3, -0.25) is 0 Å². The highest BCUT2D eigenvalue weighted by Crippen LogP contribution is 2.24. The highest BCUT2D eigenvalue weighted by Gasteiger charge is 2.18. The van der Waals surface area contributed by atoms with Gasteiger partial charge in [0, 0.05) is 11.8 Å². The van der Waals surface area contributed by atoms with Crippen molar-refractivity contribution in [1.82, 2.24) is 9.55 Å². The first-order valence-corrected chi connectivity index (χ1v) is 7.32. The van der Waals surface area contributed by atoms with Gasteiger partial charge in [-0.25, -0.2) is 13.8 Å². The van der Waals surface area contributed by atoms with Gasteiger partial charge >= 0.3 is 0 Å². The molecule has 1 aromatic heterocycles. The molecule has 0 aliphatic heterocycles. The first kappa shape index (κ1) is 13.6. The van der Waals surface area contributed by atoms with Gasteiger partial charge in [0.2, 0.25) is 0 Å². The van der Waals surface area contributed by atoms with Gasteiger partial charge in [0.05, 0.1) is 11.4 Å². The van der Waals surface area contributed by atoms with E-state index < -0.39 is 11.6 Å². The van der Waals surface area contributed by atoms with E-state index in [-0.39, 0.29) is 16.6 Å². The summed E-state index contributed by atoms with van der Waals surface area (Å²) in [6.07, 6.45) is 1.97. The number of thioether (sulfide) groups is 1. The summed E-state index contributed by atoms with van der Waals surface area (Å²) in [6.45, 7) is 2.58. The Labute approximate surface area is 113 Å². The molecule has 2 nitrogen and oxygen atoms in total. The summed E-state index contributed by atoms with van der Waals surface area (Å²) in [5.41, 5.74) is 0.643. The molecule has 0 bridgehead atoms. The molecule has 0 fully saturated rings. The molecule has 0 radical (unpaired) electrons. The smallest absolute Gasteiger partial charge is 0.184 e. The molecule has 1 atom stereocenters. The Bertz CT molecular complexity index is 571. The van der Waals surface area contributed by atoms with E-state index in [0.29, 0.717) is 17.9 Å². The fourth-order valence-electron chi connectivity index (χ4n) is 1.84. The van der Waals surface area contributed by atoms with Crippen LogP contribution in [0.15, 0.2) is 12.1 Å². The second-order valence-electron chi connectivity index (χ2n) is 4.05. The van der Waals surface area contributed by atoms with Crippen molar-refractivity contribution in [3.63, 3.8) is 0 Å². The van der Waals surface area contributed by atoms with Crippen LogP contribution in [-0.4, -0.2) is 21.1 Å². The SMILES string of the molecule is CSC(C)Cn1c(CCl)nc2ccc(F)c(F)c21. The zero-order valence-electron chi connectivity index (χ0n) is 10.1. The molecular weight excluding hydrogens is 278 g/mol. The van der Waals surface area contributed by atoms with E-state index in [4.69, 9.17) is 11.6 Å². The third-order valence-corrected chi connectivity index (χ3v) is 4.03. The Hall–Kier alpha value is -0.810. The Morgan fingerprint density at radius 3 is 2.78 bits per heavy atom. The van der Waals surface area contributed by atoms with Crippen LogP contribution in [0.25, 0.3) is 11.0 Å². The van der Waals surface area contributed by atoms with Crippen molar-refractivity contribution in [2.24, 2.45) is 0 Å². The fourth-order valence-corrected chi connectivity index (χ4v) is 2.34. The number of rotatable bonds is 4. The van der Waals surface area contributed by atoms with Crippen LogP contribution in [0.2, 0.25) is 0 Å². The number of hydrogen-bond donors (Lipinski definition) is 0. The Balaban J connectivity index is 2.63. The van der Waals surface area contributed by atoms with Crippen molar-refractivity contribution >= 4 is 34.4 Å². The van der Waals surface area contributed by atoms with Crippen LogP contribution in [0.4, 0.5) is 8.78 Å². The van der Waals surface area contributed by atoms with E-state index in [0.717, 1.165) is 6.07 Å². The molecule has 1 unspecified atom stereocenters. The maximum absolute atomic E-state index is 13.9. The molecule has 0 saturated carbocycles. The highest BCUT2D eigenvalue weighted by atomic mass is 35.5. The largest absolute Gasteiger partial charge is 0.323 e. The molecule has 1 aromatic carbocycles. The second-order valence-corrected chi connectivity index (χ2v) is 5.59. The normalized spacial score (nSPS) is 13.2. The standard InChI is InChI=1S/C12H13ClF2N2S/c1-7(18-2)6-17-10(5-13)16-9-4-3-8(14)11(15)12(9)17/h3-4,7H,5-6H2,1-2H3. The number of fused-ring (bicyclic) bond motifs is 1. The van der Waals surface area contributed by atoms with Gasteiger partial charge in [-0.15, -0.1) is 11.6 Å². The predicted octanol–water partition coefficient (Wildman–Crippen LogP) is 3.80. The zero-order valence-corrected chi connectivity index (χ0v) is 11.7. The summed E-state index contributed by atoms with van der Waals surface area (Å²) >= 11 is 7.47. The van der Waals surface area contributed by atoms with Crippen molar-refractivity contribution in [3.05, 3.63) is 29.6 Å². The number of halogens is 3. The fraction of sp³-hybridized carbons (Fsp3) is 0.417. The molecule has 0 saturated heterocycles. The van der Waals surface area contributed by atoms with Gasteiger partial charge < -0.3 is 4.57 Å². The van der Waals surface area contributed by atoms with Gasteiger partial charge in [0.25, 0.3) is 0 Å². The van der Waals surface area contributed by atoms with E-state index in [9.17, 15) is 8.78 Å². The van der Waals surface area contributed by atoms with Crippen LogP contribution < -0.4 is 0 Å². The third-order valence-electron chi connectivity index (χ3n) is 2.84. The molecule has 0 aliphatic rings. The highest BCUT2D eigenvalue weighted by molar-refractivity contribution is 7.99. The first-order valence-electron chi connectivity index (χ1n) is 5.50. The van der Waals surface area contributed by atoms with Crippen LogP contribution in [0.5, 0.6) is 0 Å². The lowest BCUT2D eigenvalue weighted by Crippen LogP contribution is -2.12. The van der Waals surface area contributed by atoms with Crippen LogP contribution in [0.1, 0.15) is 12.7 Å². The molecule has 2 aromatic rings. The van der Waals surface area contributed by atoms with Crippen LogP contribution in [0.3, 0.4) is 0 Å². The third kappa shape index (κ3) is 2.34. The lowest BCUT2D eigenvalue weighted by molar-refractivity contribution is 0.510. The average molecular weight is 291 g/mol. The minimum absolute atomic E-state index is 0.177.